The van der Waals surface area contributed by atoms with E-state index in [-0.39, 0.29) is 11.3 Å². The lowest BCUT2D eigenvalue weighted by Gasteiger charge is -2.01. The second kappa shape index (κ2) is 7.42. The highest BCUT2D eigenvalue weighted by atomic mass is 35.5. The fourth-order valence-corrected chi connectivity index (χ4v) is 2.64. The van der Waals surface area contributed by atoms with Crippen LogP contribution in [0.2, 0.25) is 10.0 Å². The Morgan fingerprint density at radius 3 is 2.68 bits per heavy atom. The Hall–Kier alpha value is -2.76. The SMILES string of the molecule is O=C(NN=Cc1ccc(-c2ccc(Cl)cc2Cl)o1)c1ccccc1O. The summed E-state index contributed by atoms with van der Waals surface area (Å²) < 4.78 is 5.62. The number of nitrogens with zero attached hydrogens (tertiary/aromatic N) is 1. The molecule has 2 N–H and O–H groups in total. The Labute approximate surface area is 153 Å². The third kappa shape index (κ3) is 4.02. The molecule has 1 heterocycles. The lowest BCUT2D eigenvalue weighted by molar-refractivity contribution is 0.0952. The quantitative estimate of drug-likeness (QED) is 0.512. The number of nitrogens with one attached hydrogen (secondary N) is 1. The standard InChI is InChI=1S/C18H12Cl2N2O3/c19-11-5-7-13(15(20)9-11)17-8-6-12(25-17)10-21-22-18(24)14-3-1-2-4-16(14)23/h1-10,23H,(H,22,24). The molecular weight excluding hydrogens is 363 g/mol. The van der Waals surface area contributed by atoms with Crippen molar-refractivity contribution in [2.75, 3.05) is 0 Å². The first-order valence-corrected chi connectivity index (χ1v) is 7.97. The maximum Gasteiger partial charge on any atom is 0.275 e. The minimum absolute atomic E-state index is 0.118. The van der Waals surface area contributed by atoms with Gasteiger partial charge in [-0.15, -0.1) is 0 Å². The molecule has 0 saturated carbocycles. The second-order valence-corrected chi connectivity index (χ2v) is 5.89. The average Bonchev–Trinajstić information content (AvgIpc) is 3.03. The molecule has 1 amide bonds. The number of hydrazone groups is 1. The van der Waals surface area contributed by atoms with Crippen molar-refractivity contribution in [2.24, 2.45) is 5.10 Å². The normalized spacial score (nSPS) is 11.0. The molecule has 7 heteroatoms. The van der Waals surface area contributed by atoms with Crippen molar-refractivity contribution in [1.29, 1.82) is 0 Å². The zero-order valence-electron chi connectivity index (χ0n) is 12.7. The van der Waals surface area contributed by atoms with E-state index in [4.69, 9.17) is 27.6 Å². The maximum atomic E-state index is 11.9. The summed E-state index contributed by atoms with van der Waals surface area (Å²) in [5, 5.41) is 14.4. The highest BCUT2D eigenvalue weighted by Gasteiger charge is 2.10. The molecule has 126 valence electrons. The Morgan fingerprint density at radius 2 is 1.92 bits per heavy atom. The molecule has 0 aliphatic heterocycles. The van der Waals surface area contributed by atoms with E-state index < -0.39 is 5.91 Å². The van der Waals surface area contributed by atoms with E-state index in [9.17, 15) is 9.90 Å². The van der Waals surface area contributed by atoms with Gasteiger partial charge >= 0.3 is 0 Å². The molecular formula is C18H12Cl2N2O3. The van der Waals surface area contributed by atoms with E-state index in [1.807, 2.05) is 0 Å². The summed E-state index contributed by atoms with van der Waals surface area (Å²) in [4.78, 5) is 11.9. The molecule has 0 bridgehead atoms. The summed E-state index contributed by atoms with van der Waals surface area (Å²) in [6, 6.07) is 14.7. The van der Waals surface area contributed by atoms with Gasteiger partial charge in [-0.25, -0.2) is 5.43 Å². The van der Waals surface area contributed by atoms with Crippen molar-refractivity contribution in [1.82, 2.24) is 5.43 Å². The van der Waals surface area contributed by atoms with Crippen LogP contribution in [-0.2, 0) is 0 Å². The summed E-state index contributed by atoms with van der Waals surface area (Å²) >= 11 is 12.0. The van der Waals surface area contributed by atoms with Crippen LogP contribution in [0.4, 0.5) is 0 Å². The molecule has 0 aliphatic rings. The van der Waals surface area contributed by atoms with Gasteiger partial charge in [0.25, 0.3) is 5.91 Å². The van der Waals surface area contributed by atoms with Crippen LogP contribution in [0, 0.1) is 0 Å². The molecule has 3 rings (SSSR count). The number of halogens is 2. The van der Waals surface area contributed by atoms with Crippen molar-refractivity contribution in [2.45, 2.75) is 0 Å². The number of carbonyl (C=O) groups excluding carboxylic acids is 1. The number of amides is 1. The Morgan fingerprint density at radius 1 is 1.12 bits per heavy atom. The van der Waals surface area contributed by atoms with Gasteiger partial charge in [0.15, 0.2) is 0 Å². The van der Waals surface area contributed by atoms with E-state index in [0.717, 1.165) is 0 Å². The number of hydrogen-bond acceptors (Lipinski definition) is 4. The first-order valence-electron chi connectivity index (χ1n) is 7.21. The lowest BCUT2D eigenvalue weighted by atomic mass is 10.2. The Bertz CT molecular complexity index is 951. The zero-order chi connectivity index (χ0) is 17.8. The first kappa shape index (κ1) is 17.1. The summed E-state index contributed by atoms with van der Waals surface area (Å²) in [6.07, 6.45) is 1.35. The number of phenols is 1. The largest absolute Gasteiger partial charge is 0.507 e. The molecule has 5 nitrogen and oxygen atoms in total. The number of benzene rings is 2. The molecule has 0 unspecified atom stereocenters. The van der Waals surface area contributed by atoms with Crippen LogP contribution < -0.4 is 5.43 Å². The Balaban J connectivity index is 1.70. The molecule has 0 fully saturated rings. The molecule has 0 atom stereocenters. The molecule has 2 aromatic carbocycles. The van der Waals surface area contributed by atoms with Crippen molar-refractivity contribution in [3.63, 3.8) is 0 Å². The van der Waals surface area contributed by atoms with Crippen LogP contribution in [-0.4, -0.2) is 17.2 Å². The monoisotopic (exact) mass is 374 g/mol. The van der Waals surface area contributed by atoms with Crippen molar-refractivity contribution in [3.8, 4) is 17.1 Å². The van der Waals surface area contributed by atoms with Gasteiger partial charge in [0.1, 0.15) is 17.3 Å². The molecule has 1 aromatic heterocycles. The number of para-hydroxylation sites is 1. The highest BCUT2D eigenvalue weighted by molar-refractivity contribution is 6.36. The van der Waals surface area contributed by atoms with Gasteiger partial charge in [0.05, 0.1) is 16.8 Å². The van der Waals surface area contributed by atoms with Crippen molar-refractivity contribution < 1.29 is 14.3 Å². The average molecular weight is 375 g/mol. The number of furan rings is 1. The van der Waals surface area contributed by atoms with Crippen LogP contribution in [0.15, 0.2) is 64.1 Å². The zero-order valence-corrected chi connectivity index (χ0v) is 14.3. The predicted octanol–water partition coefficient (Wildman–Crippen LogP) is 4.72. The van der Waals surface area contributed by atoms with Gasteiger partial charge in [-0.1, -0.05) is 35.3 Å². The maximum absolute atomic E-state index is 11.9. The number of hydrogen-bond donors (Lipinski definition) is 2. The minimum Gasteiger partial charge on any atom is -0.507 e. The first-order chi connectivity index (χ1) is 12.0. The number of phenolic OH excluding ortho intramolecular Hbond substituents is 1. The number of aromatic hydroxyl groups is 1. The predicted molar refractivity (Wildman–Crippen MR) is 97.3 cm³/mol. The number of carbonyl (C=O) groups is 1. The van der Waals surface area contributed by atoms with Crippen LogP contribution in [0.3, 0.4) is 0 Å². The van der Waals surface area contributed by atoms with Crippen LogP contribution in [0.5, 0.6) is 5.75 Å². The van der Waals surface area contributed by atoms with E-state index in [1.165, 1.54) is 18.3 Å². The molecule has 0 aliphatic carbocycles. The third-order valence-corrected chi connectivity index (χ3v) is 3.88. The minimum atomic E-state index is -0.526. The fourth-order valence-electron chi connectivity index (χ4n) is 2.14. The van der Waals surface area contributed by atoms with E-state index in [2.05, 4.69) is 10.5 Å². The van der Waals surface area contributed by atoms with Gasteiger partial charge in [-0.05, 0) is 42.5 Å². The van der Waals surface area contributed by atoms with Crippen LogP contribution in [0.1, 0.15) is 16.1 Å². The summed E-state index contributed by atoms with van der Waals surface area (Å²) in [6.45, 7) is 0. The number of rotatable bonds is 4. The van der Waals surface area contributed by atoms with E-state index in [0.29, 0.717) is 27.1 Å². The van der Waals surface area contributed by atoms with Gasteiger partial charge in [0, 0.05) is 10.6 Å². The smallest absolute Gasteiger partial charge is 0.275 e. The van der Waals surface area contributed by atoms with Crippen molar-refractivity contribution in [3.05, 3.63) is 76.0 Å². The highest BCUT2D eigenvalue weighted by Crippen LogP contribution is 2.31. The summed E-state index contributed by atoms with van der Waals surface area (Å²) in [5.41, 5.74) is 3.15. The summed E-state index contributed by atoms with van der Waals surface area (Å²) in [7, 11) is 0. The third-order valence-electron chi connectivity index (χ3n) is 3.33. The molecule has 0 radical (unpaired) electrons. The van der Waals surface area contributed by atoms with Crippen LogP contribution in [0.25, 0.3) is 11.3 Å². The van der Waals surface area contributed by atoms with E-state index >= 15 is 0 Å². The summed E-state index contributed by atoms with van der Waals surface area (Å²) in [5.74, 6) is 0.337. The van der Waals surface area contributed by atoms with Crippen molar-refractivity contribution >= 4 is 35.3 Å². The lowest BCUT2D eigenvalue weighted by Crippen LogP contribution is -2.17. The molecule has 0 saturated heterocycles. The van der Waals surface area contributed by atoms with Crippen LogP contribution >= 0.6 is 23.2 Å². The topological polar surface area (TPSA) is 74.8 Å². The fraction of sp³-hybridized carbons (Fsp3) is 0. The second-order valence-electron chi connectivity index (χ2n) is 5.04. The molecule has 3 aromatic rings. The van der Waals surface area contributed by atoms with Gasteiger partial charge < -0.3 is 9.52 Å². The Kier molecular flexibility index (Phi) is 5.07. The molecule has 0 spiro atoms. The van der Waals surface area contributed by atoms with Gasteiger partial charge in [-0.3, -0.25) is 4.79 Å². The van der Waals surface area contributed by atoms with Gasteiger partial charge in [0.2, 0.25) is 0 Å². The molecule has 25 heavy (non-hydrogen) atoms. The van der Waals surface area contributed by atoms with E-state index in [1.54, 1.807) is 42.5 Å². The van der Waals surface area contributed by atoms with Gasteiger partial charge in [-0.2, -0.15) is 5.10 Å².